The molecular weight excluding hydrogens is 226 g/mol. The number of anilines is 1. The molecule has 1 aromatic heterocycles. The molecule has 0 radical (unpaired) electrons. The van der Waals surface area contributed by atoms with E-state index in [0.717, 1.165) is 18.8 Å². The second-order valence-corrected chi connectivity index (χ2v) is 4.21. The van der Waals surface area contributed by atoms with Crippen LogP contribution in [0.25, 0.3) is 0 Å². The molecule has 0 saturated carbocycles. The molecule has 1 heterocycles. The molecule has 0 aliphatic carbocycles. The van der Waals surface area contributed by atoms with E-state index < -0.39 is 0 Å². The van der Waals surface area contributed by atoms with E-state index in [4.69, 9.17) is 16.3 Å². The summed E-state index contributed by atoms with van der Waals surface area (Å²) in [4.78, 5) is 8.36. The van der Waals surface area contributed by atoms with Gasteiger partial charge in [0.05, 0.1) is 0 Å². The van der Waals surface area contributed by atoms with Crippen molar-refractivity contribution in [3.8, 4) is 0 Å². The van der Waals surface area contributed by atoms with Crippen molar-refractivity contribution in [1.82, 2.24) is 9.97 Å². The van der Waals surface area contributed by atoms with Crippen molar-refractivity contribution in [2.75, 3.05) is 19.0 Å². The Bertz CT molecular complexity index is 333. The number of methoxy groups -OCH3 is 1. The van der Waals surface area contributed by atoms with Crippen molar-refractivity contribution in [3.05, 3.63) is 17.0 Å². The molecule has 0 fully saturated rings. The lowest BCUT2D eigenvalue weighted by molar-refractivity contribution is 0.178. The molecule has 5 heteroatoms. The van der Waals surface area contributed by atoms with Crippen molar-refractivity contribution in [3.63, 3.8) is 0 Å². The zero-order valence-electron chi connectivity index (χ0n) is 9.96. The van der Waals surface area contributed by atoms with Gasteiger partial charge >= 0.3 is 0 Å². The number of rotatable bonds is 6. The smallest absolute Gasteiger partial charge is 0.158 e. The zero-order chi connectivity index (χ0) is 12.0. The van der Waals surface area contributed by atoms with E-state index in [1.807, 2.05) is 0 Å². The van der Waals surface area contributed by atoms with Crippen LogP contribution in [0.2, 0.25) is 5.15 Å². The molecular formula is C11H18ClN3O. The molecule has 0 saturated heterocycles. The lowest BCUT2D eigenvalue weighted by Crippen LogP contribution is -2.12. The van der Waals surface area contributed by atoms with Gasteiger partial charge in [0, 0.05) is 19.7 Å². The minimum Gasteiger partial charge on any atom is -0.377 e. The van der Waals surface area contributed by atoms with Gasteiger partial charge in [0.15, 0.2) is 5.82 Å². The first-order chi connectivity index (χ1) is 7.65. The highest BCUT2D eigenvalue weighted by Gasteiger charge is 2.04. The average molecular weight is 244 g/mol. The highest BCUT2D eigenvalue weighted by atomic mass is 35.5. The summed E-state index contributed by atoms with van der Waals surface area (Å²) < 4.78 is 4.97. The van der Waals surface area contributed by atoms with Crippen LogP contribution in [-0.4, -0.2) is 23.6 Å². The van der Waals surface area contributed by atoms with Crippen LogP contribution in [0.5, 0.6) is 0 Å². The summed E-state index contributed by atoms with van der Waals surface area (Å²) in [5, 5.41) is 3.68. The maximum absolute atomic E-state index is 5.89. The Hall–Kier alpha value is -0.870. The number of hydrogen-bond acceptors (Lipinski definition) is 4. The molecule has 4 nitrogen and oxygen atoms in total. The Kier molecular flexibility index (Phi) is 5.49. The Morgan fingerprint density at radius 1 is 1.50 bits per heavy atom. The lowest BCUT2D eigenvalue weighted by atomic mass is 10.1. The molecule has 0 spiro atoms. The minimum atomic E-state index is 0.374. The first-order valence-electron chi connectivity index (χ1n) is 5.42. The minimum absolute atomic E-state index is 0.374. The van der Waals surface area contributed by atoms with Gasteiger partial charge in [-0.2, -0.15) is 0 Å². The number of nitrogens with zero attached hydrogens (tertiary/aromatic N) is 2. The van der Waals surface area contributed by atoms with Gasteiger partial charge in [-0.3, -0.25) is 0 Å². The highest BCUT2D eigenvalue weighted by molar-refractivity contribution is 6.29. The van der Waals surface area contributed by atoms with Crippen LogP contribution in [0.3, 0.4) is 0 Å². The monoisotopic (exact) mass is 243 g/mol. The van der Waals surface area contributed by atoms with Gasteiger partial charge in [0.2, 0.25) is 0 Å². The van der Waals surface area contributed by atoms with E-state index in [-0.39, 0.29) is 0 Å². The summed E-state index contributed by atoms with van der Waals surface area (Å²) in [7, 11) is 1.61. The normalized spacial score (nSPS) is 12.5. The van der Waals surface area contributed by atoms with E-state index in [0.29, 0.717) is 23.5 Å². The Morgan fingerprint density at radius 3 is 2.88 bits per heavy atom. The Morgan fingerprint density at radius 2 is 2.25 bits per heavy atom. The van der Waals surface area contributed by atoms with Crippen molar-refractivity contribution >= 4 is 17.4 Å². The largest absolute Gasteiger partial charge is 0.377 e. The number of halogens is 1. The summed E-state index contributed by atoms with van der Waals surface area (Å²) in [6.07, 6.45) is 1.14. The Balaban J connectivity index is 2.64. The van der Waals surface area contributed by atoms with Gasteiger partial charge in [-0.05, 0) is 5.92 Å². The van der Waals surface area contributed by atoms with Crippen molar-refractivity contribution in [2.24, 2.45) is 5.92 Å². The van der Waals surface area contributed by atoms with E-state index >= 15 is 0 Å². The number of nitrogens with one attached hydrogen (secondary N) is 1. The fourth-order valence-corrected chi connectivity index (χ4v) is 1.37. The van der Waals surface area contributed by atoms with Crippen LogP contribution >= 0.6 is 11.6 Å². The molecule has 0 aromatic carbocycles. The summed E-state index contributed by atoms with van der Waals surface area (Å²) in [6.45, 7) is 5.61. The van der Waals surface area contributed by atoms with Crippen LogP contribution in [-0.2, 0) is 11.3 Å². The second-order valence-electron chi connectivity index (χ2n) is 3.82. The Labute approximate surface area is 101 Å². The van der Waals surface area contributed by atoms with Crippen molar-refractivity contribution < 1.29 is 4.74 Å². The van der Waals surface area contributed by atoms with Crippen molar-refractivity contribution in [2.45, 2.75) is 26.9 Å². The topological polar surface area (TPSA) is 47.0 Å². The average Bonchev–Trinajstić information content (AvgIpc) is 2.25. The van der Waals surface area contributed by atoms with E-state index in [1.54, 1.807) is 13.2 Å². The standard InChI is InChI=1S/C11H18ClN3O/c1-4-8(2)6-13-10-5-9(12)14-11(15-10)7-16-3/h5,8H,4,6-7H2,1-3H3,(H,13,14,15). The molecule has 16 heavy (non-hydrogen) atoms. The summed E-state index contributed by atoms with van der Waals surface area (Å²) >= 11 is 5.89. The molecule has 0 aliphatic rings. The zero-order valence-corrected chi connectivity index (χ0v) is 10.7. The third-order valence-electron chi connectivity index (χ3n) is 2.34. The van der Waals surface area contributed by atoms with Gasteiger partial charge in [0.1, 0.15) is 17.6 Å². The second kappa shape index (κ2) is 6.66. The van der Waals surface area contributed by atoms with Gasteiger partial charge in [-0.15, -0.1) is 0 Å². The van der Waals surface area contributed by atoms with Crippen LogP contribution in [0.1, 0.15) is 26.1 Å². The third-order valence-corrected chi connectivity index (χ3v) is 2.54. The number of ether oxygens (including phenoxy) is 1. The fourth-order valence-electron chi connectivity index (χ4n) is 1.17. The maximum atomic E-state index is 5.89. The van der Waals surface area contributed by atoms with E-state index in [9.17, 15) is 0 Å². The predicted octanol–water partition coefficient (Wildman–Crippen LogP) is 2.73. The summed E-state index contributed by atoms with van der Waals surface area (Å²) in [6, 6.07) is 1.73. The quantitative estimate of drug-likeness (QED) is 0.781. The maximum Gasteiger partial charge on any atom is 0.158 e. The van der Waals surface area contributed by atoms with Crippen LogP contribution < -0.4 is 5.32 Å². The van der Waals surface area contributed by atoms with E-state index in [2.05, 4.69) is 29.1 Å². The van der Waals surface area contributed by atoms with E-state index in [1.165, 1.54) is 0 Å². The molecule has 1 N–H and O–H groups in total. The number of aromatic nitrogens is 2. The molecule has 1 aromatic rings. The molecule has 0 aliphatic heterocycles. The van der Waals surface area contributed by atoms with Gasteiger partial charge in [-0.1, -0.05) is 31.9 Å². The molecule has 1 rings (SSSR count). The molecule has 1 unspecified atom stereocenters. The third kappa shape index (κ3) is 4.33. The lowest BCUT2D eigenvalue weighted by Gasteiger charge is -2.11. The van der Waals surface area contributed by atoms with Gasteiger partial charge < -0.3 is 10.1 Å². The molecule has 1 atom stereocenters. The number of hydrogen-bond donors (Lipinski definition) is 1. The molecule has 90 valence electrons. The molecule has 0 amide bonds. The first-order valence-corrected chi connectivity index (χ1v) is 5.79. The molecule has 0 bridgehead atoms. The summed E-state index contributed by atoms with van der Waals surface area (Å²) in [5.74, 6) is 1.97. The SMILES string of the molecule is CCC(C)CNc1cc(Cl)nc(COC)n1. The van der Waals surface area contributed by atoms with Crippen LogP contribution in [0.4, 0.5) is 5.82 Å². The first kappa shape index (κ1) is 13.2. The van der Waals surface area contributed by atoms with Crippen LogP contribution in [0, 0.1) is 5.92 Å². The fraction of sp³-hybridized carbons (Fsp3) is 0.636. The summed E-state index contributed by atoms with van der Waals surface area (Å²) in [5.41, 5.74) is 0. The van der Waals surface area contributed by atoms with Crippen molar-refractivity contribution in [1.29, 1.82) is 0 Å². The van der Waals surface area contributed by atoms with Gasteiger partial charge in [-0.25, -0.2) is 9.97 Å². The predicted molar refractivity (Wildman–Crippen MR) is 65.7 cm³/mol. The van der Waals surface area contributed by atoms with Gasteiger partial charge in [0.25, 0.3) is 0 Å². The highest BCUT2D eigenvalue weighted by Crippen LogP contribution is 2.13. The van der Waals surface area contributed by atoms with Crippen LogP contribution in [0.15, 0.2) is 6.07 Å².